The lowest BCUT2D eigenvalue weighted by Crippen LogP contribution is -2.01. The predicted molar refractivity (Wildman–Crippen MR) is 53.9 cm³/mol. The first-order valence-corrected chi connectivity index (χ1v) is 4.82. The Bertz CT molecular complexity index is 288. The van der Waals surface area contributed by atoms with E-state index in [1.165, 1.54) is 0 Å². The topological polar surface area (TPSA) is 33.1 Å². The van der Waals surface area contributed by atoms with E-state index in [0.29, 0.717) is 10.9 Å². The van der Waals surface area contributed by atoms with Gasteiger partial charge in [-0.3, -0.25) is 4.98 Å². The fourth-order valence-electron chi connectivity index (χ4n) is 1.26. The van der Waals surface area contributed by atoms with Crippen molar-refractivity contribution in [1.82, 2.24) is 4.98 Å². The van der Waals surface area contributed by atoms with Crippen LogP contribution in [-0.2, 0) is 6.61 Å². The minimum absolute atomic E-state index is 0.00718. The van der Waals surface area contributed by atoms with Crippen molar-refractivity contribution in [1.29, 1.82) is 0 Å². The Kier molecular flexibility index (Phi) is 3.70. The van der Waals surface area contributed by atoms with E-state index in [1.807, 2.05) is 0 Å². The summed E-state index contributed by atoms with van der Waals surface area (Å²) in [5.41, 5.74) is 1.79. The highest BCUT2D eigenvalue weighted by Gasteiger charge is 2.10. The molecule has 0 bridgehead atoms. The summed E-state index contributed by atoms with van der Waals surface area (Å²) in [6.45, 7) is 4.20. The molecular weight excluding hydrogens is 186 g/mol. The fraction of sp³-hybridized carbons (Fsp3) is 0.500. The number of pyridine rings is 1. The number of aliphatic hydroxyl groups excluding tert-OH is 1. The van der Waals surface area contributed by atoms with Gasteiger partial charge in [0.15, 0.2) is 0 Å². The van der Waals surface area contributed by atoms with Crippen LogP contribution < -0.4 is 0 Å². The summed E-state index contributed by atoms with van der Waals surface area (Å²) >= 11 is 5.77. The van der Waals surface area contributed by atoms with Crippen LogP contribution in [0.3, 0.4) is 0 Å². The third-order valence-corrected chi connectivity index (χ3v) is 2.42. The molecule has 0 spiro atoms. The zero-order valence-electron chi connectivity index (χ0n) is 7.92. The zero-order chi connectivity index (χ0) is 9.84. The smallest absolute Gasteiger partial charge is 0.0700 e. The summed E-state index contributed by atoms with van der Waals surface area (Å²) in [5, 5.41) is 9.67. The third kappa shape index (κ3) is 2.42. The minimum atomic E-state index is 0.00718. The molecule has 1 aromatic heterocycles. The summed E-state index contributed by atoms with van der Waals surface area (Å²) in [4.78, 5) is 4.23. The molecule has 13 heavy (non-hydrogen) atoms. The molecule has 1 rings (SSSR count). The summed E-state index contributed by atoms with van der Waals surface area (Å²) in [6, 6.07) is 1.77. The maximum atomic E-state index is 9.09. The lowest BCUT2D eigenvalue weighted by atomic mass is 10.00. The largest absolute Gasteiger partial charge is 0.392 e. The van der Waals surface area contributed by atoms with Crippen LogP contribution in [0, 0.1) is 0 Å². The quantitative estimate of drug-likeness (QED) is 0.812. The van der Waals surface area contributed by atoms with Gasteiger partial charge in [-0.25, -0.2) is 0 Å². The molecule has 0 radical (unpaired) electrons. The summed E-state index contributed by atoms with van der Waals surface area (Å²) in [5.74, 6) is 0.374. The van der Waals surface area contributed by atoms with Crippen molar-refractivity contribution in [3.63, 3.8) is 0 Å². The van der Waals surface area contributed by atoms with Gasteiger partial charge in [0.2, 0.25) is 0 Å². The second kappa shape index (κ2) is 4.58. The molecule has 0 aliphatic heterocycles. The Morgan fingerprint density at radius 2 is 2.31 bits per heavy atom. The normalized spacial score (nSPS) is 12.9. The highest BCUT2D eigenvalue weighted by atomic mass is 35.5. The van der Waals surface area contributed by atoms with Gasteiger partial charge in [0.1, 0.15) is 0 Å². The Labute approximate surface area is 83.6 Å². The highest BCUT2D eigenvalue weighted by molar-refractivity contribution is 6.30. The molecule has 0 amide bonds. The van der Waals surface area contributed by atoms with E-state index in [2.05, 4.69) is 18.8 Å². The van der Waals surface area contributed by atoms with Gasteiger partial charge in [-0.15, -0.1) is 0 Å². The molecule has 0 fully saturated rings. The number of nitrogens with zero attached hydrogens (tertiary/aromatic N) is 1. The third-order valence-electron chi connectivity index (χ3n) is 2.22. The number of hydrogen-bond acceptors (Lipinski definition) is 2. The first-order chi connectivity index (χ1) is 6.19. The number of aliphatic hydroxyl groups is 1. The van der Waals surface area contributed by atoms with Crippen LogP contribution in [0.2, 0.25) is 5.02 Å². The Balaban J connectivity index is 3.05. The zero-order valence-corrected chi connectivity index (χ0v) is 8.67. The van der Waals surface area contributed by atoms with Crippen molar-refractivity contribution < 1.29 is 5.11 Å². The van der Waals surface area contributed by atoms with Gasteiger partial charge in [0, 0.05) is 17.5 Å². The molecular formula is C10H14ClNO. The number of halogens is 1. The van der Waals surface area contributed by atoms with Crippen LogP contribution in [0.1, 0.15) is 37.4 Å². The summed E-state index contributed by atoms with van der Waals surface area (Å²) in [6.07, 6.45) is 2.64. The highest BCUT2D eigenvalue weighted by Crippen LogP contribution is 2.22. The average Bonchev–Trinajstić information content (AvgIpc) is 2.16. The van der Waals surface area contributed by atoms with Crippen LogP contribution in [0.5, 0.6) is 0 Å². The van der Waals surface area contributed by atoms with Crippen molar-refractivity contribution in [2.75, 3.05) is 0 Å². The maximum Gasteiger partial charge on any atom is 0.0700 e. The molecule has 0 aliphatic carbocycles. The van der Waals surface area contributed by atoms with Crippen LogP contribution in [0.4, 0.5) is 0 Å². The number of rotatable bonds is 3. The first kappa shape index (κ1) is 10.5. The van der Waals surface area contributed by atoms with Gasteiger partial charge in [0.05, 0.1) is 11.6 Å². The van der Waals surface area contributed by atoms with Gasteiger partial charge < -0.3 is 5.11 Å². The molecule has 2 nitrogen and oxygen atoms in total. The van der Waals surface area contributed by atoms with E-state index in [9.17, 15) is 0 Å². The average molecular weight is 200 g/mol. The van der Waals surface area contributed by atoms with Crippen molar-refractivity contribution in [2.24, 2.45) is 0 Å². The number of hydrogen-bond donors (Lipinski definition) is 1. The molecule has 0 saturated heterocycles. The summed E-state index contributed by atoms with van der Waals surface area (Å²) in [7, 11) is 0. The Morgan fingerprint density at radius 1 is 1.62 bits per heavy atom. The minimum Gasteiger partial charge on any atom is -0.392 e. The lowest BCUT2D eigenvalue weighted by Gasteiger charge is -2.12. The lowest BCUT2D eigenvalue weighted by molar-refractivity contribution is 0.279. The van der Waals surface area contributed by atoms with Crippen molar-refractivity contribution >= 4 is 11.6 Å². The van der Waals surface area contributed by atoms with Crippen LogP contribution in [0.15, 0.2) is 12.3 Å². The van der Waals surface area contributed by atoms with Gasteiger partial charge in [-0.05, 0) is 18.4 Å². The van der Waals surface area contributed by atoms with Gasteiger partial charge >= 0.3 is 0 Å². The molecule has 1 N–H and O–H groups in total. The molecule has 0 aromatic carbocycles. The van der Waals surface area contributed by atoms with E-state index < -0.39 is 0 Å². The molecule has 1 atom stereocenters. The second-order valence-electron chi connectivity index (χ2n) is 3.17. The molecule has 0 unspecified atom stereocenters. The predicted octanol–water partition coefficient (Wildman–Crippen LogP) is 2.74. The summed E-state index contributed by atoms with van der Waals surface area (Å²) < 4.78 is 0. The van der Waals surface area contributed by atoms with Gasteiger partial charge in [-0.2, -0.15) is 0 Å². The Hall–Kier alpha value is -0.600. The van der Waals surface area contributed by atoms with E-state index >= 15 is 0 Å². The molecule has 3 heteroatoms. The van der Waals surface area contributed by atoms with E-state index in [-0.39, 0.29) is 6.61 Å². The monoisotopic (exact) mass is 199 g/mol. The molecule has 1 heterocycles. The van der Waals surface area contributed by atoms with E-state index in [4.69, 9.17) is 16.7 Å². The maximum absolute atomic E-state index is 9.09. The molecule has 1 aromatic rings. The van der Waals surface area contributed by atoms with Crippen molar-refractivity contribution in [2.45, 2.75) is 32.8 Å². The Morgan fingerprint density at radius 3 is 2.85 bits per heavy atom. The van der Waals surface area contributed by atoms with Crippen molar-refractivity contribution in [3.8, 4) is 0 Å². The molecule has 0 aliphatic rings. The van der Waals surface area contributed by atoms with E-state index in [1.54, 1.807) is 12.3 Å². The van der Waals surface area contributed by atoms with Crippen molar-refractivity contribution in [3.05, 3.63) is 28.5 Å². The van der Waals surface area contributed by atoms with Crippen LogP contribution >= 0.6 is 11.6 Å². The molecule has 0 saturated carbocycles. The second-order valence-corrected chi connectivity index (χ2v) is 3.60. The standard InChI is InChI=1S/C10H14ClNO/c1-3-7(2)10-8(6-13)4-9(11)5-12-10/h4-5,7,13H,3,6H2,1-2H3/t7-/m0/s1. The van der Waals surface area contributed by atoms with Crippen LogP contribution in [0.25, 0.3) is 0 Å². The number of aromatic nitrogens is 1. The molecule has 72 valence electrons. The van der Waals surface area contributed by atoms with Crippen LogP contribution in [-0.4, -0.2) is 10.1 Å². The van der Waals surface area contributed by atoms with Gasteiger partial charge in [0.25, 0.3) is 0 Å². The van der Waals surface area contributed by atoms with Gasteiger partial charge in [-0.1, -0.05) is 25.4 Å². The fourth-order valence-corrected chi connectivity index (χ4v) is 1.44. The van der Waals surface area contributed by atoms with E-state index in [0.717, 1.165) is 17.7 Å². The first-order valence-electron chi connectivity index (χ1n) is 4.44. The SMILES string of the molecule is CC[C@H](C)c1ncc(Cl)cc1CO.